The molecule has 54 heavy (non-hydrogen) atoms. The van der Waals surface area contributed by atoms with Gasteiger partial charge in [0, 0.05) is 26.2 Å². The monoisotopic (exact) mass is 735 g/mol. The lowest BCUT2D eigenvalue weighted by molar-refractivity contribution is -0.199. The second-order valence-electron chi connectivity index (χ2n) is 16.3. The number of likely N-dealkylation sites (tertiary alicyclic amines) is 1. The molecule has 0 spiro atoms. The van der Waals surface area contributed by atoms with E-state index in [4.69, 9.17) is 18.8 Å². The van der Waals surface area contributed by atoms with E-state index in [1.54, 1.807) is 12.0 Å². The van der Waals surface area contributed by atoms with Crippen LogP contribution in [0.3, 0.4) is 0 Å². The predicted molar refractivity (Wildman–Crippen MR) is 206 cm³/mol. The molecule has 3 aromatic carbocycles. The molecule has 0 unspecified atom stereocenters. The Morgan fingerprint density at radius 2 is 1.56 bits per heavy atom. The number of hydrogen-bond donors (Lipinski definition) is 2. The van der Waals surface area contributed by atoms with Gasteiger partial charge >= 0.3 is 13.2 Å². The Morgan fingerprint density at radius 1 is 0.907 bits per heavy atom. The summed E-state index contributed by atoms with van der Waals surface area (Å²) in [5.41, 5.74) is 2.32. The number of amides is 3. The average Bonchev–Trinajstić information content (AvgIpc) is 3.82. The van der Waals surface area contributed by atoms with E-state index in [0.717, 1.165) is 29.5 Å². The van der Waals surface area contributed by atoms with Crippen molar-refractivity contribution in [2.75, 3.05) is 20.3 Å². The highest BCUT2D eigenvalue weighted by molar-refractivity contribution is 6.48. The van der Waals surface area contributed by atoms with Crippen molar-refractivity contribution >= 4 is 25.0 Å². The molecule has 2 saturated heterocycles. The lowest BCUT2D eigenvalue weighted by atomic mass is 9.43. The molecular weight excluding hydrogens is 681 g/mol. The number of methoxy groups -OCH3 is 1. The minimum atomic E-state index is -1.05. The Kier molecular flexibility index (Phi) is 11.5. The molecule has 3 aliphatic carbocycles. The maximum atomic E-state index is 14.9. The molecule has 5 aliphatic rings. The van der Waals surface area contributed by atoms with Crippen molar-refractivity contribution in [3.8, 4) is 0 Å². The van der Waals surface area contributed by atoms with Crippen LogP contribution in [0.15, 0.2) is 91.0 Å². The van der Waals surface area contributed by atoms with E-state index in [2.05, 4.69) is 31.4 Å². The highest BCUT2D eigenvalue weighted by atomic mass is 16.7. The van der Waals surface area contributed by atoms with Crippen LogP contribution in [0.25, 0.3) is 0 Å². The van der Waals surface area contributed by atoms with Gasteiger partial charge in [0.2, 0.25) is 11.8 Å². The Labute approximate surface area is 319 Å². The van der Waals surface area contributed by atoms with Crippen LogP contribution in [0, 0.1) is 17.3 Å². The van der Waals surface area contributed by atoms with Crippen molar-refractivity contribution in [3.05, 3.63) is 108 Å². The molecule has 2 heterocycles. The van der Waals surface area contributed by atoms with Crippen LogP contribution >= 0.6 is 0 Å². The second kappa shape index (κ2) is 16.3. The minimum Gasteiger partial charge on any atom is -0.445 e. The van der Waals surface area contributed by atoms with E-state index >= 15 is 0 Å². The van der Waals surface area contributed by atoms with Crippen LogP contribution in [0.1, 0.15) is 81.9 Å². The molecule has 0 aromatic heterocycles. The summed E-state index contributed by atoms with van der Waals surface area (Å²) >= 11 is 0. The summed E-state index contributed by atoms with van der Waals surface area (Å²) in [5, 5.41) is 6.23. The maximum Gasteiger partial charge on any atom is 0.481 e. The van der Waals surface area contributed by atoms with Gasteiger partial charge in [0.05, 0.1) is 17.6 Å². The summed E-state index contributed by atoms with van der Waals surface area (Å²) in [7, 11) is 1.07. The molecule has 2 bridgehead atoms. The first-order valence-corrected chi connectivity index (χ1v) is 19.6. The average molecular weight is 736 g/mol. The van der Waals surface area contributed by atoms with Crippen molar-refractivity contribution in [1.29, 1.82) is 0 Å². The van der Waals surface area contributed by atoms with Crippen LogP contribution in [0.4, 0.5) is 4.79 Å². The number of ether oxygens (including phenoxy) is 2. The molecule has 3 amide bonds. The van der Waals surface area contributed by atoms with Gasteiger partial charge in [0.25, 0.3) is 0 Å². The Balaban J connectivity index is 1.12. The quantitative estimate of drug-likeness (QED) is 0.148. The molecule has 2 N–H and O–H groups in total. The predicted octanol–water partition coefficient (Wildman–Crippen LogP) is 6.28. The second-order valence-corrected chi connectivity index (χ2v) is 16.3. The largest absolute Gasteiger partial charge is 0.481 e. The summed E-state index contributed by atoms with van der Waals surface area (Å²) in [6.07, 6.45) is 3.82. The Hall–Kier alpha value is -4.19. The third-order valence-electron chi connectivity index (χ3n) is 12.7. The summed E-state index contributed by atoms with van der Waals surface area (Å²) < 4.78 is 24.5. The maximum absolute atomic E-state index is 14.9. The third kappa shape index (κ3) is 7.68. The fraction of sp³-hybridized carbons (Fsp3) is 0.512. The molecule has 11 heteroatoms. The van der Waals surface area contributed by atoms with Crippen LogP contribution in [-0.2, 0) is 35.0 Å². The van der Waals surface area contributed by atoms with Crippen LogP contribution in [0.2, 0.25) is 0 Å². The number of nitrogens with one attached hydrogen (secondary N) is 2. The smallest absolute Gasteiger partial charge is 0.445 e. The molecular formula is C43H54BN3O7. The molecule has 3 saturated carbocycles. The lowest BCUT2D eigenvalue weighted by Gasteiger charge is -2.64. The first-order valence-electron chi connectivity index (χ1n) is 19.6. The van der Waals surface area contributed by atoms with Gasteiger partial charge in [-0.15, -0.1) is 0 Å². The molecule has 3 aromatic rings. The number of alkyl carbamates (subject to hydrolysis) is 1. The number of rotatable bonds is 14. The molecule has 0 radical (unpaired) electrons. The standard InChI is InChI=1S/C43H54BN3O7/c1-42(2)32-26-34(42)43(3)35(27-32)53-44(54-43)36(23-15-25-51-4)45-39(48)33-22-14-24-47(33)40(49)38(46-41(50)52-28-29-16-8-5-9-17-29)37(30-18-10-6-11-19-30)31-20-12-7-13-21-31/h5-13,16-21,32-38H,14-15,22-28H2,1-4H3,(H,45,48)(H,46,50)/t32-,33+,34-,35-,36+,38-,43+/m1/s1. The summed E-state index contributed by atoms with van der Waals surface area (Å²) in [4.78, 5) is 44.5. The molecule has 8 rings (SSSR count). The third-order valence-corrected chi connectivity index (χ3v) is 12.7. The van der Waals surface area contributed by atoms with Crippen molar-refractivity contribution in [1.82, 2.24) is 15.5 Å². The number of nitrogens with zero attached hydrogens (tertiary/aromatic N) is 1. The van der Waals surface area contributed by atoms with E-state index in [9.17, 15) is 14.4 Å². The van der Waals surface area contributed by atoms with Gasteiger partial charge in [0.15, 0.2) is 0 Å². The molecule has 10 nitrogen and oxygen atoms in total. The lowest BCUT2D eigenvalue weighted by Crippen LogP contribution is -2.65. The van der Waals surface area contributed by atoms with Crippen molar-refractivity contribution < 1.29 is 33.2 Å². The van der Waals surface area contributed by atoms with E-state index < -0.39 is 42.8 Å². The number of benzene rings is 3. The number of carbonyl (C=O) groups excluding carboxylic acids is 3. The highest BCUT2D eigenvalue weighted by Gasteiger charge is 2.68. The van der Waals surface area contributed by atoms with Gasteiger partial charge in [-0.3, -0.25) is 9.59 Å². The minimum absolute atomic E-state index is 0.0213. The molecule has 5 fully saturated rings. The summed E-state index contributed by atoms with van der Waals surface area (Å²) in [6, 6.07) is 27.0. The molecule has 7 atom stereocenters. The van der Waals surface area contributed by atoms with Crippen LogP contribution in [0.5, 0.6) is 0 Å². The zero-order valence-electron chi connectivity index (χ0n) is 31.9. The SMILES string of the molecule is COCCC[C@H](NC(=O)[C@@H]1CCCN1C(=O)[C@H](NC(=O)OCc1ccccc1)C(c1ccccc1)c1ccccc1)B1O[C@@H]2C[C@H]3C[C@H](C3(C)C)[C@]2(C)O1. The first-order chi connectivity index (χ1) is 26.1. The summed E-state index contributed by atoms with van der Waals surface area (Å²) in [6.45, 7) is 7.82. The Bertz CT molecular complexity index is 1710. The van der Waals surface area contributed by atoms with E-state index in [-0.39, 0.29) is 29.9 Å². The van der Waals surface area contributed by atoms with E-state index in [1.165, 1.54) is 0 Å². The number of carbonyl (C=O) groups is 3. The van der Waals surface area contributed by atoms with Gasteiger partial charge in [-0.2, -0.15) is 0 Å². The van der Waals surface area contributed by atoms with Crippen LogP contribution < -0.4 is 10.6 Å². The van der Waals surface area contributed by atoms with E-state index in [1.807, 2.05) is 91.0 Å². The highest BCUT2D eigenvalue weighted by Crippen LogP contribution is 2.65. The first kappa shape index (κ1) is 38.1. The fourth-order valence-corrected chi connectivity index (χ4v) is 9.63. The van der Waals surface area contributed by atoms with Gasteiger partial charge in [-0.25, -0.2) is 4.79 Å². The van der Waals surface area contributed by atoms with Crippen molar-refractivity contribution in [3.63, 3.8) is 0 Å². The molecule has 2 aliphatic heterocycles. The fourth-order valence-electron chi connectivity index (χ4n) is 9.63. The van der Waals surface area contributed by atoms with E-state index in [0.29, 0.717) is 50.7 Å². The van der Waals surface area contributed by atoms with Gasteiger partial charge < -0.3 is 34.3 Å². The normalized spacial score (nSPS) is 26.4. The van der Waals surface area contributed by atoms with Crippen molar-refractivity contribution in [2.24, 2.45) is 17.3 Å². The zero-order chi connectivity index (χ0) is 37.9. The van der Waals surface area contributed by atoms with Crippen molar-refractivity contribution in [2.45, 2.75) is 102 Å². The Morgan fingerprint density at radius 3 is 2.19 bits per heavy atom. The molecule has 286 valence electrons. The van der Waals surface area contributed by atoms with Gasteiger partial charge in [0.1, 0.15) is 18.7 Å². The number of hydrogen-bond acceptors (Lipinski definition) is 7. The van der Waals surface area contributed by atoms with Crippen LogP contribution in [-0.4, -0.2) is 79.9 Å². The zero-order valence-corrected chi connectivity index (χ0v) is 31.9. The summed E-state index contributed by atoms with van der Waals surface area (Å²) in [5.74, 6) is -0.557. The topological polar surface area (TPSA) is 115 Å². The van der Waals surface area contributed by atoms with Gasteiger partial charge in [-0.1, -0.05) is 105 Å². The van der Waals surface area contributed by atoms with Gasteiger partial charge in [-0.05, 0) is 79.4 Å².